The highest BCUT2D eigenvalue weighted by molar-refractivity contribution is 5.89. The van der Waals surface area contributed by atoms with Gasteiger partial charge in [0.2, 0.25) is 0 Å². The number of carboxylic acid groups (broad SMARTS) is 1. The summed E-state index contributed by atoms with van der Waals surface area (Å²) < 4.78 is 7.01. The second kappa shape index (κ2) is 8.17. The van der Waals surface area contributed by atoms with Gasteiger partial charge in [0.25, 0.3) is 5.56 Å². The van der Waals surface area contributed by atoms with Crippen LogP contribution in [0.25, 0.3) is 0 Å². The molecule has 5 heteroatoms. The number of pyridine rings is 1. The predicted molar refractivity (Wildman–Crippen MR) is 88.2 cm³/mol. The van der Waals surface area contributed by atoms with E-state index in [0.717, 1.165) is 19.3 Å². The average Bonchev–Trinajstić information content (AvgIpc) is 2.55. The lowest BCUT2D eigenvalue weighted by Gasteiger charge is -2.11. The molecule has 1 N–H and O–H groups in total. The Morgan fingerprint density at radius 3 is 2.70 bits per heavy atom. The lowest BCUT2D eigenvalue weighted by molar-refractivity contribution is 0.0695. The summed E-state index contributed by atoms with van der Waals surface area (Å²) in [5, 5.41) is 9.22. The largest absolute Gasteiger partial charge is 0.488 e. The number of unbranched alkanes of at least 4 members (excludes halogenated alkanes) is 2. The molecule has 23 heavy (non-hydrogen) atoms. The van der Waals surface area contributed by atoms with Crippen molar-refractivity contribution in [1.29, 1.82) is 0 Å². The summed E-state index contributed by atoms with van der Waals surface area (Å²) in [5.41, 5.74) is 0.545. The minimum atomic E-state index is -0.999. The predicted octanol–water partition coefficient (Wildman–Crippen LogP) is 3.16. The first kappa shape index (κ1) is 16.8. The van der Waals surface area contributed by atoms with Gasteiger partial charge in [-0.3, -0.25) is 4.79 Å². The van der Waals surface area contributed by atoms with Crippen molar-refractivity contribution in [3.05, 3.63) is 64.1 Å². The van der Waals surface area contributed by atoms with Crippen LogP contribution >= 0.6 is 0 Å². The van der Waals surface area contributed by atoms with Crippen LogP contribution in [0.3, 0.4) is 0 Å². The zero-order valence-electron chi connectivity index (χ0n) is 13.2. The highest BCUT2D eigenvalue weighted by Crippen LogP contribution is 2.11. The quantitative estimate of drug-likeness (QED) is 0.760. The molecule has 0 saturated heterocycles. The molecule has 0 amide bonds. The van der Waals surface area contributed by atoms with Gasteiger partial charge in [0.15, 0.2) is 5.75 Å². The fourth-order valence-corrected chi connectivity index (χ4v) is 2.33. The molecule has 1 aromatic heterocycles. The standard InChI is InChI=1S/C18H21NO4/c1-2-3-6-12-23-16-10-7-11-19(17(16)20)13-14-8-4-5-9-15(14)18(21)22/h4-5,7-11H,2-3,6,12-13H2,1H3,(H,21,22). The van der Waals surface area contributed by atoms with E-state index in [9.17, 15) is 14.7 Å². The van der Waals surface area contributed by atoms with Crippen molar-refractivity contribution in [2.45, 2.75) is 32.7 Å². The van der Waals surface area contributed by atoms with Gasteiger partial charge in [0.1, 0.15) is 0 Å². The van der Waals surface area contributed by atoms with Crippen LogP contribution in [0.5, 0.6) is 5.75 Å². The Labute approximate surface area is 135 Å². The van der Waals surface area contributed by atoms with Gasteiger partial charge in [0.05, 0.1) is 18.7 Å². The van der Waals surface area contributed by atoms with Crippen molar-refractivity contribution < 1.29 is 14.6 Å². The molecule has 0 aliphatic heterocycles. The number of aromatic carboxylic acids is 1. The molecule has 0 atom stereocenters. The Morgan fingerprint density at radius 1 is 1.17 bits per heavy atom. The number of carbonyl (C=O) groups is 1. The van der Waals surface area contributed by atoms with Crippen LogP contribution in [0.1, 0.15) is 42.1 Å². The van der Waals surface area contributed by atoms with Crippen LogP contribution in [0, 0.1) is 0 Å². The Morgan fingerprint density at radius 2 is 1.96 bits per heavy atom. The summed E-state index contributed by atoms with van der Waals surface area (Å²) in [6.07, 6.45) is 4.70. The molecule has 2 aromatic rings. The number of nitrogens with zero attached hydrogens (tertiary/aromatic N) is 1. The summed E-state index contributed by atoms with van der Waals surface area (Å²) in [5.74, 6) is -0.697. The van der Waals surface area contributed by atoms with E-state index in [4.69, 9.17) is 4.74 Å². The van der Waals surface area contributed by atoms with Gasteiger partial charge in [0, 0.05) is 6.20 Å². The van der Waals surface area contributed by atoms with Crippen LogP contribution in [0.15, 0.2) is 47.4 Å². The molecule has 0 radical (unpaired) electrons. The minimum Gasteiger partial charge on any atom is -0.488 e. The molecule has 0 saturated carbocycles. The Kier molecular flexibility index (Phi) is 5.97. The van der Waals surface area contributed by atoms with Crippen molar-refractivity contribution >= 4 is 5.97 Å². The molecule has 5 nitrogen and oxygen atoms in total. The topological polar surface area (TPSA) is 68.5 Å². The summed E-state index contributed by atoms with van der Waals surface area (Å²) in [7, 11) is 0. The first-order valence-electron chi connectivity index (χ1n) is 7.77. The van der Waals surface area contributed by atoms with Crippen molar-refractivity contribution in [3.8, 4) is 5.75 Å². The third-order valence-electron chi connectivity index (χ3n) is 3.58. The van der Waals surface area contributed by atoms with E-state index in [1.165, 1.54) is 10.6 Å². The van der Waals surface area contributed by atoms with Gasteiger partial charge >= 0.3 is 5.97 Å². The average molecular weight is 315 g/mol. The number of hydrogen-bond donors (Lipinski definition) is 1. The molecule has 0 aliphatic rings. The number of ether oxygens (including phenoxy) is 1. The molecule has 0 unspecified atom stereocenters. The molecule has 0 bridgehead atoms. The second-order valence-corrected chi connectivity index (χ2v) is 5.32. The van der Waals surface area contributed by atoms with Gasteiger partial charge in [-0.25, -0.2) is 4.79 Å². The molecule has 1 heterocycles. The Hall–Kier alpha value is -2.56. The van der Waals surface area contributed by atoms with Crippen LogP contribution in [-0.4, -0.2) is 22.2 Å². The molecular weight excluding hydrogens is 294 g/mol. The van der Waals surface area contributed by atoms with Crippen molar-refractivity contribution in [2.24, 2.45) is 0 Å². The number of carboxylic acids is 1. The summed E-state index contributed by atoms with van der Waals surface area (Å²) in [4.78, 5) is 23.7. The van der Waals surface area contributed by atoms with Crippen LogP contribution in [0.2, 0.25) is 0 Å². The highest BCUT2D eigenvalue weighted by Gasteiger charge is 2.11. The van der Waals surface area contributed by atoms with Crippen LogP contribution < -0.4 is 10.3 Å². The van der Waals surface area contributed by atoms with Crippen LogP contribution in [0.4, 0.5) is 0 Å². The summed E-state index contributed by atoms with van der Waals surface area (Å²) >= 11 is 0. The van der Waals surface area contributed by atoms with E-state index in [-0.39, 0.29) is 17.7 Å². The SMILES string of the molecule is CCCCCOc1cccn(Cc2ccccc2C(=O)O)c1=O. The zero-order chi connectivity index (χ0) is 16.7. The summed E-state index contributed by atoms with van der Waals surface area (Å²) in [6, 6.07) is 10.1. The fourth-order valence-electron chi connectivity index (χ4n) is 2.33. The van der Waals surface area contributed by atoms with Crippen LogP contribution in [-0.2, 0) is 6.54 Å². The molecule has 122 valence electrons. The first-order chi connectivity index (χ1) is 11.1. The monoisotopic (exact) mass is 315 g/mol. The fraction of sp³-hybridized carbons (Fsp3) is 0.333. The Balaban J connectivity index is 2.18. The number of rotatable bonds is 8. The van der Waals surface area contributed by atoms with Gasteiger partial charge in [-0.05, 0) is 30.2 Å². The maximum absolute atomic E-state index is 12.4. The van der Waals surface area contributed by atoms with Crippen molar-refractivity contribution in [2.75, 3.05) is 6.61 Å². The summed E-state index contributed by atoms with van der Waals surface area (Å²) in [6.45, 7) is 2.82. The normalized spacial score (nSPS) is 10.5. The molecule has 0 fully saturated rings. The van der Waals surface area contributed by atoms with E-state index in [1.807, 2.05) is 0 Å². The van der Waals surface area contributed by atoms with Gasteiger partial charge < -0.3 is 14.4 Å². The van der Waals surface area contributed by atoms with E-state index in [1.54, 1.807) is 36.5 Å². The third kappa shape index (κ3) is 4.45. The Bertz CT molecular complexity index is 721. The van der Waals surface area contributed by atoms with E-state index < -0.39 is 5.97 Å². The van der Waals surface area contributed by atoms with E-state index >= 15 is 0 Å². The van der Waals surface area contributed by atoms with Crippen molar-refractivity contribution in [1.82, 2.24) is 4.57 Å². The smallest absolute Gasteiger partial charge is 0.336 e. The minimum absolute atomic E-state index is 0.202. The maximum Gasteiger partial charge on any atom is 0.336 e. The first-order valence-corrected chi connectivity index (χ1v) is 7.77. The zero-order valence-corrected chi connectivity index (χ0v) is 13.2. The van der Waals surface area contributed by atoms with E-state index in [0.29, 0.717) is 17.9 Å². The molecule has 0 aliphatic carbocycles. The highest BCUT2D eigenvalue weighted by atomic mass is 16.5. The second-order valence-electron chi connectivity index (χ2n) is 5.32. The lowest BCUT2D eigenvalue weighted by atomic mass is 10.1. The molecule has 2 rings (SSSR count). The molecule has 0 spiro atoms. The number of hydrogen-bond acceptors (Lipinski definition) is 3. The van der Waals surface area contributed by atoms with Crippen molar-refractivity contribution in [3.63, 3.8) is 0 Å². The molecule has 1 aromatic carbocycles. The van der Waals surface area contributed by atoms with Gasteiger partial charge in [-0.1, -0.05) is 38.0 Å². The number of benzene rings is 1. The van der Waals surface area contributed by atoms with E-state index in [2.05, 4.69) is 6.92 Å². The molecular formula is C18H21NO4. The number of aromatic nitrogens is 1. The lowest BCUT2D eigenvalue weighted by Crippen LogP contribution is -2.23. The van der Waals surface area contributed by atoms with Gasteiger partial charge in [-0.15, -0.1) is 0 Å². The third-order valence-corrected chi connectivity index (χ3v) is 3.58. The van der Waals surface area contributed by atoms with Gasteiger partial charge in [-0.2, -0.15) is 0 Å². The maximum atomic E-state index is 12.4.